The SMILES string of the molecule is COC(=O)c1cc(Cl)c2c(c1)[C@H](N)CCO2.Cl. The number of hydrogen-bond acceptors (Lipinski definition) is 4. The van der Waals surface area contributed by atoms with Crippen LogP contribution >= 0.6 is 24.0 Å². The fraction of sp³-hybridized carbons (Fsp3) is 0.364. The van der Waals surface area contributed by atoms with Gasteiger partial charge in [-0.25, -0.2) is 4.79 Å². The van der Waals surface area contributed by atoms with E-state index in [1.54, 1.807) is 6.07 Å². The van der Waals surface area contributed by atoms with Crippen LogP contribution in [0.5, 0.6) is 5.75 Å². The van der Waals surface area contributed by atoms with E-state index in [0.29, 0.717) is 29.4 Å². The van der Waals surface area contributed by atoms with Crippen LogP contribution in [-0.4, -0.2) is 19.7 Å². The zero-order valence-electron chi connectivity index (χ0n) is 9.23. The second-order valence-corrected chi connectivity index (χ2v) is 4.02. The Labute approximate surface area is 110 Å². The number of fused-ring (bicyclic) bond motifs is 1. The van der Waals surface area contributed by atoms with Crippen LogP contribution < -0.4 is 10.5 Å². The lowest BCUT2D eigenvalue weighted by molar-refractivity contribution is 0.0600. The lowest BCUT2D eigenvalue weighted by atomic mass is 9.99. The molecule has 4 nitrogen and oxygen atoms in total. The Balaban J connectivity index is 0.00000144. The maximum absolute atomic E-state index is 11.4. The number of esters is 1. The summed E-state index contributed by atoms with van der Waals surface area (Å²) >= 11 is 6.03. The summed E-state index contributed by atoms with van der Waals surface area (Å²) in [6.07, 6.45) is 0.716. The first-order chi connectivity index (χ1) is 7.63. The van der Waals surface area contributed by atoms with Gasteiger partial charge in [0, 0.05) is 18.0 Å². The summed E-state index contributed by atoms with van der Waals surface area (Å²) in [7, 11) is 1.33. The minimum absolute atomic E-state index is 0. The van der Waals surface area contributed by atoms with Crippen molar-refractivity contribution < 1.29 is 14.3 Å². The van der Waals surface area contributed by atoms with Gasteiger partial charge >= 0.3 is 5.97 Å². The Morgan fingerprint density at radius 3 is 2.94 bits per heavy atom. The largest absolute Gasteiger partial charge is 0.492 e. The first-order valence-electron chi connectivity index (χ1n) is 4.93. The molecular weight excluding hydrogens is 265 g/mol. The number of hydrogen-bond donors (Lipinski definition) is 1. The molecule has 0 saturated heterocycles. The number of halogens is 2. The molecule has 2 N–H and O–H groups in total. The van der Waals surface area contributed by atoms with Crippen molar-refractivity contribution >= 4 is 30.0 Å². The highest BCUT2D eigenvalue weighted by Gasteiger charge is 2.23. The van der Waals surface area contributed by atoms with Crippen LogP contribution in [0.2, 0.25) is 5.02 Å². The molecule has 0 fully saturated rings. The minimum Gasteiger partial charge on any atom is -0.492 e. The van der Waals surface area contributed by atoms with Crippen molar-refractivity contribution in [3.05, 3.63) is 28.3 Å². The number of ether oxygens (including phenoxy) is 2. The number of benzene rings is 1. The van der Waals surface area contributed by atoms with Gasteiger partial charge in [-0.05, 0) is 12.1 Å². The standard InChI is InChI=1S/C11H12ClNO3.ClH/c1-15-11(14)6-4-7-9(13)2-3-16-10(7)8(12)5-6;/h4-5,9H,2-3,13H2,1H3;1H/t9-;/m1./s1. The molecule has 1 aliphatic rings. The molecule has 0 amide bonds. The smallest absolute Gasteiger partial charge is 0.337 e. The molecule has 1 heterocycles. The number of rotatable bonds is 1. The number of carbonyl (C=O) groups is 1. The van der Waals surface area contributed by atoms with Gasteiger partial charge in [-0.15, -0.1) is 12.4 Å². The minimum atomic E-state index is -0.428. The fourth-order valence-corrected chi connectivity index (χ4v) is 2.00. The summed E-state index contributed by atoms with van der Waals surface area (Å²) < 4.78 is 10.1. The van der Waals surface area contributed by atoms with Gasteiger partial charge < -0.3 is 15.2 Å². The third-order valence-electron chi connectivity index (χ3n) is 2.57. The maximum atomic E-state index is 11.4. The molecule has 0 unspecified atom stereocenters. The Bertz CT molecular complexity index is 437. The molecule has 17 heavy (non-hydrogen) atoms. The van der Waals surface area contributed by atoms with E-state index >= 15 is 0 Å². The highest BCUT2D eigenvalue weighted by Crippen LogP contribution is 2.37. The number of nitrogens with two attached hydrogens (primary N) is 1. The lowest BCUT2D eigenvalue weighted by Crippen LogP contribution is -2.21. The zero-order chi connectivity index (χ0) is 11.7. The maximum Gasteiger partial charge on any atom is 0.337 e. The molecule has 0 saturated carbocycles. The van der Waals surface area contributed by atoms with Crippen molar-refractivity contribution in [3.63, 3.8) is 0 Å². The molecular formula is C11H13Cl2NO3. The van der Waals surface area contributed by atoms with Gasteiger partial charge in [0.25, 0.3) is 0 Å². The summed E-state index contributed by atoms with van der Waals surface area (Å²) in [5.41, 5.74) is 7.09. The average molecular weight is 278 g/mol. The van der Waals surface area contributed by atoms with Crippen LogP contribution in [0.3, 0.4) is 0 Å². The van der Waals surface area contributed by atoms with E-state index in [9.17, 15) is 4.79 Å². The molecule has 0 bridgehead atoms. The van der Waals surface area contributed by atoms with E-state index in [2.05, 4.69) is 4.74 Å². The van der Waals surface area contributed by atoms with Crippen LogP contribution in [0, 0.1) is 0 Å². The highest BCUT2D eigenvalue weighted by molar-refractivity contribution is 6.32. The van der Waals surface area contributed by atoms with Gasteiger partial charge in [-0.3, -0.25) is 0 Å². The van der Waals surface area contributed by atoms with Crippen molar-refractivity contribution in [1.29, 1.82) is 0 Å². The molecule has 1 aliphatic heterocycles. The summed E-state index contributed by atoms with van der Waals surface area (Å²) in [6.45, 7) is 0.547. The molecule has 0 aliphatic carbocycles. The van der Waals surface area contributed by atoms with Crippen LogP contribution in [0.15, 0.2) is 12.1 Å². The molecule has 1 aromatic carbocycles. The van der Waals surface area contributed by atoms with Gasteiger partial charge in [0.2, 0.25) is 0 Å². The van der Waals surface area contributed by atoms with Crippen LogP contribution in [0.1, 0.15) is 28.4 Å². The Morgan fingerprint density at radius 2 is 2.29 bits per heavy atom. The third-order valence-corrected chi connectivity index (χ3v) is 2.85. The second kappa shape index (κ2) is 5.58. The topological polar surface area (TPSA) is 61.5 Å². The zero-order valence-corrected chi connectivity index (χ0v) is 10.8. The summed E-state index contributed by atoms with van der Waals surface area (Å²) in [6, 6.07) is 3.06. The highest BCUT2D eigenvalue weighted by atomic mass is 35.5. The van der Waals surface area contributed by atoms with E-state index in [-0.39, 0.29) is 18.4 Å². The third kappa shape index (κ3) is 2.65. The van der Waals surface area contributed by atoms with E-state index < -0.39 is 5.97 Å². The molecule has 0 aromatic heterocycles. The first-order valence-corrected chi connectivity index (χ1v) is 5.31. The molecule has 0 radical (unpaired) electrons. The van der Waals surface area contributed by atoms with Crippen molar-refractivity contribution in [2.75, 3.05) is 13.7 Å². The summed E-state index contributed by atoms with van der Waals surface area (Å²) in [4.78, 5) is 11.4. The van der Waals surface area contributed by atoms with E-state index in [1.807, 2.05) is 0 Å². The monoisotopic (exact) mass is 277 g/mol. The average Bonchev–Trinajstić information content (AvgIpc) is 2.29. The second-order valence-electron chi connectivity index (χ2n) is 3.61. The Morgan fingerprint density at radius 1 is 1.59 bits per heavy atom. The molecule has 1 atom stereocenters. The molecule has 94 valence electrons. The van der Waals surface area contributed by atoms with Crippen molar-refractivity contribution in [3.8, 4) is 5.75 Å². The van der Waals surface area contributed by atoms with Crippen LogP contribution in [-0.2, 0) is 4.74 Å². The van der Waals surface area contributed by atoms with Gasteiger partial charge in [0.05, 0.1) is 24.3 Å². The van der Waals surface area contributed by atoms with Crippen molar-refractivity contribution in [2.45, 2.75) is 12.5 Å². The Kier molecular flexibility index (Phi) is 4.62. The fourth-order valence-electron chi connectivity index (χ4n) is 1.72. The summed E-state index contributed by atoms with van der Waals surface area (Å²) in [5.74, 6) is 0.149. The normalized spacial score (nSPS) is 17.5. The molecule has 1 aromatic rings. The molecule has 0 spiro atoms. The van der Waals surface area contributed by atoms with Gasteiger partial charge in [-0.2, -0.15) is 0 Å². The van der Waals surface area contributed by atoms with Gasteiger partial charge in [0.15, 0.2) is 0 Å². The summed E-state index contributed by atoms with van der Waals surface area (Å²) in [5, 5.41) is 0.396. The predicted molar refractivity (Wildman–Crippen MR) is 67.1 cm³/mol. The van der Waals surface area contributed by atoms with Gasteiger partial charge in [-0.1, -0.05) is 11.6 Å². The quantitative estimate of drug-likeness (QED) is 0.801. The van der Waals surface area contributed by atoms with Crippen molar-refractivity contribution in [2.24, 2.45) is 5.73 Å². The number of carbonyl (C=O) groups excluding carboxylic acids is 1. The predicted octanol–water partition coefficient (Wildman–Crippen LogP) is 2.33. The Hall–Kier alpha value is -0.970. The van der Waals surface area contributed by atoms with Crippen LogP contribution in [0.25, 0.3) is 0 Å². The van der Waals surface area contributed by atoms with Crippen molar-refractivity contribution in [1.82, 2.24) is 0 Å². The van der Waals surface area contributed by atoms with Gasteiger partial charge in [0.1, 0.15) is 5.75 Å². The molecule has 6 heteroatoms. The van der Waals surface area contributed by atoms with Crippen LogP contribution in [0.4, 0.5) is 0 Å². The van der Waals surface area contributed by atoms with E-state index in [1.165, 1.54) is 13.2 Å². The molecule has 2 rings (SSSR count). The lowest BCUT2D eigenvalue weighted by Gasteiger charge is -2.24. The first kappa shape index (κ1) is 14.1. The van der Waals surface area contributed by atoms with E-state index in [4.69, 9.17) is 22.1 Å². The van der Waals surface area contributed by atoms with E-state index in [0.717, 1.165) is 5.56 Å². The number of methoxy groups -OCH3 is 1.